The molecule has 1 saturated heterocycles. The number of amides is 1. The van der Waals surface area contributed by atoms with Gasteiger partial charge in [-0.25, -0.2) is 0 Å². The maximum absolute atomic E-state index is 12.5. The van der Waals surface area contributed by atoms with E-state index in [-0.39, 0.29) is 12.7 Å². The lowest BCUT2D eigenvalue weighted by Crippen LogP contribution is -2.44. The second kappa shape index (κ2) is 7.57. The number of fused-ring (bicyclic) bond motifs is 1. The Morgan fingerprint density at radius 3 is 3.04 bits per heavy atom. The fourth-order valence-electron chi connectivity index (χ4n) is 3.37. The highest BCUT2D eigenvalue weighted by atomic mass is 32.2. The highest BCUT2D eigenvalue weighted by molar-refractivity contribution is 7.99. The third kappa shape index (κ3) is 3.51. The third-order valence-electron chi connectivity index (χ3n) is 4.76. The number of rotatable bonds is 5. The van der Waals surface area contributed by atoms with Crippen molar-refractivity contribution in [2.24, 2.45) is 0 Å². The van der Waals surface area contributed by atoms with E-state index >= 15 is 0 Å². The second-order valence-corrected chi connectivity index (χ2v) is 7.30. The van der Waals surface area contributed by atoms with Crippen LogP contribution in [0.2, 0.25) is 0 Å². The smallest absolute Gasteiger partial charge is 0.277 e. The van der Waals surface area contributed by atoms with E-state index in [1.165, 1.54) is 18.2 Å². The molecule has 2 aromatic rings. The number of ether oxygens (including phenoxy) is 2. The van der Waals surface area contributed by atoms with Crippen molar-refractivity contribution in [3.05, 3.63) is 18.2 Å². The van der Waals surface area contributed by atoms with E-state index in [4.69, 9.17) is 13.9 Å². The first-order chi connectivity index (χ1) is 12.7. The molecule has 0 radical (unpaired) electrons. The fourth-order valence-corrected chi connectivity index (χ4v) is 4.02. The number of aromatic nitrogens is 2. The van der Waals surface area contributed by atoms with Crippen LogP contribution in [0.4, 0.5) is 0 Å². The number of likely N-dealkylation sites (tertiary alicyclic amines) is 1. The Labute approximate surface area is 156 Å². The Morgan fingerprint density at radius 2 is 2.15 bits per heavy atom. The van der Waals surface area contributed by atoms with Gasteiger partial charge in [-0.1, -0.05) is 18.7 Å². The zero-order valence-corrected chi connectivity index (χ0v) is 15.5. The summed E-state index contributed by atoms with van der Waals surface area (Å²) in [6.07, 6.45) is 4.40. The molecule has 7 nitrogen and oxygen atoms in total. The van der Waals surface area contributed by atoms with Crippen molar-refractivity contribution in [1.29, 1.82) is 0 Å². The van der Waals surface area contributed by atoms with Crippen LogP contribution in [-0.4, -0.2) is 46.1 Å². The topological polar surface area (TPSA) is 77.7 Å². The van der Waals surface area contributed by atoms with E-state index in [1.807, 2.05) is 23.1 Å². The van der Waals surface area contributed by atoms with Crippen LogP contribution < -0.4 is 9.47 Å². The minimum absolute atomic E-state index is 0.143. The fraction of sp³-hybridized carbons (Fsp3) is 0.500. The highest BCUT2D eigenvalue weighted by Gasteiger charge is 2.25. The summed E-state index contributed by atoms with van der Waals surface area (Å²) in [4.78, 5) is 14.5. The van der Waals surface area contributed by atoms with Crippen molar-refractivity contribution in [2.75, 3.05) is 19.1 Å². The molecule has 0 spiro atoms. The van der Waals surface area contributed by atoms with Gasteiger partial charge in [-0.05, 0) is 43.9 Å². The summed E-state index contributed by atoms with van der Waals surface area (Å²) in [6, 6.07) is 5.85. The Bertz CT molecular complexity index is 794. The van der Waals surface area contributed by atoms with Gasteiger partial charge >= 0.3 is 0 Å². The zero-order valence-electron chi connectivity index (χ0n) is 14.6. The minimum atomic E-state index is 0.143. The molecule has 8 heteroatoms. The van der Waals surface area contributed by atoms with Gasteiger partial charge in [0.05, 0.1) is 5.75 Å². The average molecular weight is 375 g/mol. The number of nitrogens with zero attached hydrogens (tertiary/aromatic N) is 3. The predicted molar refractivity (Wildman–Crippen MR) is 96.2 cm³/mol. The minimum Gasteiger partial charge on any atom is -0.454 e. The summed E-state index contributed by atoms with van der Waals surface area (Å²) in [6.45, 7) is 3.21. The normalized spacial score (nSPS) is 19.0. The molecule has 1 aromatic carbocycles. The standard InChI is InChI=1S/C18H21N3O4S/c1-2-13-5-3-4-8-21(13)16(22)10-26-18-20-19-17(25-18)12-6-7-14-15(9-12)24-11-23-14/h6-7,9,13H,2-5,8,10-11H2,1H3/t13-/m1/s1. The predicted octanol–water partition coefficient (Wildman–Crippen LogP) is 3.35. The molecule has 2 aliphatic rings. The van der Waals surface area contributed by atoms with Crippen LogP contribution in [0, 0.1) is 0 Å². The summed E-state index contributed by atoms with van der Waals surface area (Å²) in [5.41, 5.74) is 0.766. The van der Waals surface area contributed by atoms with Gasteiger partial charge in [-0.15, -0.1) is 10.2 Å². The number of carbonyl (C=O) groups is 1. The van der Waals surface area contributed by atoms with Crippen molar-refractivity contribution in [3.8, 4) is 23.0 Å². The number of piperidine rings is 1. The van der Waals surface area contributed by atoms with Crippen LogP contribution in [-0.2, 0) is 4.79 Å². The lowest BCUT2D eigenvalue weighted by Gasteiger charge is -2.35. The molecule has 3 heterocycles. The summed E-state index contributed by atoms with van der Waals surface area (Å²) in [7, 11) is 0. The number of thioether (sulfide) groups is 1. The van der Waals surface area contributed by atoms with E-state index < -0.39 is 0 Å². The van der Waals surface area contributed by atoms with E-state index in [2.05, 4.69) is 17.1 Å². The van der Waals surface area contributed by atoms with Crippen molar-refractivity contribution in [2.45, 2.75) is 43.9 Å². The molecule has 0 N–H and O–H groups in total. The SMILES string of the molecule is CC[C@@H]1CCCCN1C(=O)CSc1nnc(-c2ccc3c(c2)OCO3)o1. The van der Waals surface area contributed by atoms with Crippen LogP contribution in [0.25, 0.3) is 11.5 Å². The number of hydrogen-bond donors (Lipinski definition) is 0. The highest BCUT2D eigenvalue weighted by Crippen LogP contribution is 2.36. The van der Waals surface area contributed by atoms with Gasteiger partial charge in [0.15, 0.2) is 11.5 Å². The largest absolute Gasteiger partial charge is 0.454 e. The molecule has 0 aliphatic carbocycles. The summed E-state index contributed by atoms with van der Waals surface area (Å²) >= 11 is 1.29. The van der Waals surface area contributed by atoms with E-state index in [9.17, 15) is 4.79 Å². The van der Waals surface area contributed by atoms with Crippen LogP contribution >= 0.6 is 11.8 Å². The van der Waals surface area contributed by atoms with Gasteiger partial charge in [0.2, 0.25) is 18.6 Å². The van der Waals surface area contributed by atoms with Crippen molar-refractivity contribution in [1.82, 2.24) is 15.1 Å². The average Bonchev–Trinajstić information content (AvgIpc) is 3.34. The van der Waals surface area contributed by atoms with Gasteiger partial charge in [-0.2, -0.15) is 0 Å². The van der Waals surface area contributed by atoms with Gasteiger partial charge in [0.25, 0.3) is 5.22 Å². The van der Waals surface area contributed by atoms with Crippen molar-refractivity contribution >= 4 is 17.7 Å². The van der Waals surface area contributed by atoms with E-state index in [1.54, 1.807) is 0 Å². The molecule has 4 rings (SSSR count). The van der Waals surface area contributed by atoms with Crippen LogP contribution in [0.5, 0.6) is 11.5 Å². The second-order valence-electron chi connectivity index (χ2n) is 6.37. The number of benzene rings is 1. The first-order valence-electron chi connectivity index (χ1n) is 8.90. The summed E-state index contributed by atoms with van der Waals surface area (Å²) in [5, 5.41) is 8.52. The lowest BCUT2D eigenvalue weighted by atomic mass is 10.0. The Kier molecular flexibility index (Phi) is 5.01. The molecular weight excluding hydrogens is 354 g/mol. The molecule has 0 unspecified atom stereocenters. The van der Waals surface area contributed by atoms with E-state index in [0.29, 0.717) is 34.4 Å². The molecule has 0 saturated carbocycles. The van der Waals surface area contributed by atoms with Crippen LogP contribution in [0.1, 0.15) is 32.6 Å². The van der Waals surface area contributed by atoms with Crippen molar-refractivity contribution < 1.29 is 18.7 Å². The third-order valence-corrected chi connectivity index (χ3v) is 5.57. The summed E-state index contributed by atoms with van der Waals surface area (Å²) in [5.74, 6) is 2.24. The van der Waals surface area contributed by atoms with Gasteiger partial charge in [-0.3, -0.25) is 4.79 Å². The number of carbonyl (C=O) groups excluding carboxylic acids is 1. The van der Waals surface area contributed by atoms with Crippen LogP contribution in [0.3, 0.4) is 0 Å². The molecule has 0 bridgehead atoms. The maximum Gasteiger partial charge on any atom is 0.277 e. The molecule has 138 valence electrons. The first kappa shape index (κ1) is 17.2. The lowest BCUT2D eigenvalue weighted by molar-refractivity contribution is -0.132. The quantitative estimate of drug-likeness (QED) is 0.742. The van der Waals surface area contributed by atoms with Crippen LogP contribution in [0.15, 0.2) is 27.8 Å². The molecule has 2 aliphatic heterocycles. The monoisotopic (exact) mass is 375 g/mol. The number of hydrogen-bond acceptors (Lipinski definition) is 7. The molecule has 1 amide bonds. The first-order valence-corrected chi connectivity index (χ1v) is 9.89. The Morgan fingerprint density at radius 1 is 1.27 bits per heavy atom. The molecular formula is C18H21N3O4S. The molecule has 1 atom stereocenters. The molecule has 26 heavy (non-hydrogen) atoms. The Hall–Kier alpha value is -2.22. The van der Waals surface area contributed by atoms with E-state index in [0.717, 1.165) is 31.4 Å². The van der Waals surface area contributed by atoms with Gasteiger partial charge in [0, 0.05) is 18.2 Å². The van der Waals surface area contributed by atoms with Crippen molar-refractivity contribution in [3.63, 3.8) is 0 Å². The zero-order chi connectivity index (χ0) is 17.9. The maximum atomic E-state index is 12.5. The Balaban J connectivity index is 1.38. The summed E-state index contributed by atoms with van der Waals surface area (Å²) < 4.78 is 16.4. The molecule has 1 fully saturated rings. The molecule has 1 aromatic heterocycles. The van der Waals surface area contributed by atoms with Gasteiger partial charge < -0.3 is 18.8 Å². The van der Waals surface area contributed by atoms with Gasteiger partial charge in [0.1, 0.15) is 0 Å².